The number of carbonyl (C=O) groups is 2. The molecular formula is C23H24N2O3. The van der Waals surface area contributed by atoms with Crippen LogP contribution in [0.25, 0.3) is 0 Å². The van der Waals surface area contributed by atoms with Crippen molar-refractivity contribution in [2.45, 2.75) is 39.7 Å². The third-order valence-corrected chi connectivity index (χ3v) is 5.48. The molecule has 0 aromatic heterocycles. The highest BCUT2D eigenvalue weighted by Crippen LogP contribution is 2.47. The molecule has 1 aliphatic heterocycles. The van der Waals surface area contributed by atoms with E-state index in [2.05, 4.69) is 24.5 Å². The lowest BCUT2D eigenvalue weighted by Crippen LogP contribution is -2.31. The third kappa shape index (κ3) is 3.17. The van der Waals surface area contributed by atoms with E-state index in [1.165, 1.54) is 6.92 Å². The van der Waals surface area contributed by atoms with Gasteiger partial charge in [0.25, 0.3) is 0 Å². The van der Waals surface area contributed by atoms with Gasteiger partial charge in [0.1, 0.15) is 11.4 Å². The summed E-state index contributed by atoms with van der Waals surface area (Å²) in [4.78, 5) is 24.8. The molecule has 5 nitrogen and oxygen atoms in total. The van der Waals surface area contributed by atoms with Crippen LogP contribution in [0.2, 0.25) is 0 Å². The molecule has 1 aliphatic carbocycles. The summed E-state index contributed by atoms with van der Waals surface area (Å²) < 4.78 is 0. The topological polar surface area (TPSA) is 78.4 Å². The number of fused-ring (bicyclic) bond motifs is 1. The van der Waals surface area contributed by atoms with Crippen molar-refractivity contribution in [1.82, 2.24) is 0 Å². The van der Waals surface area contributed by atoms with Gasteiger partial charge in [0.05, 0.1) is 11.7 Å². The zero-order chi connectivity index (χ0) is 20.1. The van der Waals surface area contributed by atoms with E-state index in [1.807, 2.05) is 18.2 Å². The van der Waals surface area contributed by atoms with Crippen molar-refractivity contribution >= 4 is 22.9 Å². The van der Waals surface area contributed by atoms with E-state index in [0.717, 1.165) is 16.9 Å². The Balaban J connectivity index is 1.87. The van der Waals surface area contributed by atoms with Crippen molar-refractivity contribution in [3.8, 4) is 5.75 Å². The van der Waals surface area contributed by atoms with Crippen LogP contribution in [0.1, 0.15) is 55.6 Å². The van der Waals surface area contributed by atoms with Crippen molar-refractivity contribution in [1.29, 1.82) is 0 Å². The molecule has 0 saturated carbocycles. The Bertz CT molecular complexity index is 1000. The van der Waals surface area contributed by atoms with Gasteiger partial charge in [-0.25, -0.2) is 0 Å². The molecule has 3 N–H and O–H groups in total. The number of nitrogens with one attached hydrogen (secondary N) is 2. The minimum absolute atomic E-state index is 0.00714. The van der Waals surface area contributed by atoms with Crippen molar-refractivity contribution in [2.75, 3.05) is 10.6 Å². The fourth-order valence-electron chi connectivity index (χ4n) is 4.11. The molecule has 1 unspecified atom stereocenters. The summed E-state index contributed by atoms with van der Waals surface area (Å²) in [5, 5.41) is 17.1. The first-order valence-electron chi connectivity index (χ1n) is 9.48. The zero-order valence-electron chi connectivity index (χ0n) is 16.3. The summed E-state index contributed by atoms with van der Waals surface area (Å²) in [7, 11) is 0. The molecule has 1 atom stereocenters. The number of carbonyl (C=O) groups excluding carboxylic acids is 2. The van der Waals surface area contributed by atoms with E-state index in [1.54, 1.807) is 24.3 Å². The van der Waals surface area contributed by atoms with Gasteiger partial charge in [-0.2, -0.15) is 0 Å². The Morgan fingerprint density at radius 3 is 2.50 bits per heavy atom. The van der Waals surface area contributed by atoms with Gasteiger partial charge >= 0.3 is 0 Å². The van der Waals surface area contributed by atoms with E-state index < -0.39 is 0 Å². The lowest BCUT2D eigenvalue weighted by atomic mass is 9.73. The fraction of sp³-hybridized carbons (Fsp3) is 0.304. The van der Waals surface area contributed by atoms with Crippen molar-refractivity contribution < 1.29 is 14.7 Å². The standard InChI is InChI=1S/C23H24N2O3/c1-13(26)14-7-9-15(10-8-14)21-20-17(11-23(2,3)12-19(20)28)25-22-16(24-21)5-4-6-18(22)27/h4-10,21,24-25,27H,11-12H2,1-3H3. The van der Waals surface area contributed by atoms with Gasteiger partial charge in [0.2, 0.25) is 0 Å². The molecule has 2 aliphatic rings. The Morgan fingerprint density at radius 2 is 1.82 bits per heavy atom. The molecule has 1 heterocycles. The van der Waals surface area contributed by atoms with Crippen LogP contribution in [0.3, 0.4) is 0 Å². The Hall–Kier alpha value is -3.08. The van der Waals surface area contributed by atoms with Crippen LogP contribution in [-0.2, 0) is 4.79 Å². The number of ketones is 2. The first kappa shape index (κ1) is 18.3. The van der Waals surface area contributed by atoms with Crippen molar-refractivity contribution in [3.63, 3.8) is 0 Å². The quantitative estimate of drug-likeness (QED) is 0.517. The maximum atomic E-state index is 13.1. The predicted octanol–water partition coefficient (Wildman–Crippen LogP) is 4.82. The second-order valence-corrected chi connectivity index (χ2v) is 8.41. The van der Waals surface area contributed by atoms with Gasteiger partial charge in [0, 0.05) is 23.3 Å². The predicted molar refractivity (Wildman–Crippen MR) is 110 cm³/mol. The summed E-state index contributed by atoms with van der Waals surface area (Å²) in [6.07, 6.45) is 1.19. The van der Waals surface area contributed by atoms with Gasteiger partial charge < -0.3 is 15.7 Å². The molecule has 5 heteroatoms. The smallest absolute Gasteiger partial charge is 0.163 e. The van der Waals surface area contributed by atoms with Crippen LogP contribution in [0.15, 0.2) is 53.7 Å². The molecule has 4 rings (SSSR count). The van der Waals surface area contributed by atoms with Crippen LogP contribution in [0, 0.1) is 5.41 Å². The second kappa shape index (κ2) is 6.51. The Morgan fingerprint density at radius 1 is 1.11 bits per heavy atom. The molecule has 0 amide bonds. The summed E-state index contributed by atoms with van der Waals surface area (Å²) in [6, 6.07) is 12.3. The third-order valence-electron chi connectivity index (χ3n) is 5.48. The number of para-hydroxylation sites is 1. The molecule has 0 saturated heterocycles. The highest BCUT2D eigenvalue weighted by Gasteiger charge is 2.39. The first-order valence-corrected chi connectivity index (χ1v) is 9.48. The normalized spacial score (nSPS) is 20.4. The largest absolute Gasteiger partial charge is 0.506 e. The Kier molecular flexibility index (Phi) is 4.26. The number of anilines is 2. The molecule has 2 aromatic rings. The molecule has 2 aromatic carbocycles. The number of benzene rings is 2. The fourth-order valence-corrected chi connectivity index (χ4v) is 4.11. The summed E-state index contributed by atoms with van der Waals surface area (Å²) in [6.45, 7) is 5.70. The van der Waals surface area contributed by atoms with Crippen LogP contribution < -0.4 is 10.6 Å². The lowest BCUT2D eigenvalue weighted by molar-refractivity contribution is -0.118. The SMILES string of the molecule is CC(=O)c1ccc(C2Nc3cccc(O)c3NC3=C2C(=O)CC(C)(C)C3)cc1. The van der Waals surface area contributed by atoms with Crippen molar-refractivity contribution in [2.24, 2.45) is 5.41 Å². The summed E-state index contributed by atoms with van der Waals surface area (Å²) in [5.74, 6) is 0.243. The van der Waals surface area contributed by atoms with Gasteiger partial charge in [-0.3, -0.25) is 9.59 Å². The number of phenols is 1. The van der Waals surface area contributed by atoms with E-state index >= 15 is 0 Å². The monoisotopic (exact) mass is 376 g/mol. The molecule has 144 valence electrons. The minimum Gasteiger partial charge on any atom is -0.506 e. The van der Waals surface area contributed by atoms with E-state index in [9.17, 15) is 14.7 Å². The van der Waals surface area contributed by atoms with Crippen LogP contribution in [0.5, 0.6) is 5.75 Å². The molecule has 0 fully saturated rings. The van der Waals surface area contributed by atoms with E-state index in [-0.39, 0.29) is 28.8 Å². The summed E-state index contributed by atoms with van der Waals surface area (Å²) >= 11 is 0. The minimum atomic E-state index is -0.352. The van der Waals surface area contributed by atoms with Gasteiger partial charge in [0.15, 0.2) is 11.6 Å². The highest BCUT2D eigenvalue weighted by atomic mass is 16.3. The number of Topliss-reactive ketones (excluding diaryl/α,β-unsaturated/α-hetero) is 2. The molecule has 0 spiro atoms. The molecular weight excluding hydrogens is 352 g/mol. The number of aromatic hydroxyl groups is 1. The average molecular weight is 376 g/mol. The summed E-state index contributed by atoms with van der Waals surface area (Å²) in [5.41, 5.74) is 4.26. The van der Waals surface area contributed by atoms with Crippen molar-refractivity contribution in [3.05, 3.63) is 64.9 Å². The average Bonchev–Trinajstić information content (AvgIpc) is 2.78. The van der Waals surface area contributed by atoms with E-state index in [0.29, 0.717) is 29.7 Å². The number of hydrogen-bond donors (Lipinski definition) is 3. The van der Waals surface area contributed by atoms with Gasteiger partial charge in [-0.05, 0) is 36.5 Å². The number of rotatable bonds is 2. The molecule has 0 radical (unpaired) electrons. The number of hydrogen-bond acceptors (Lipinski definition) is 5. The van der Waals surface area contributed by atoms with Crippen LogP contribution in [0.4, 0.5) is 11.4 Å². The lowest BCUT2D eigenvalue weighted by Gasteiger charge is -2.34. The number of allylic oxidation sites excluding steroid dienone is 1. The van der Waals surface area contributed by atoms with E-state index in [4.69, 9.17) is 0 Å². The van der Waals surface area contributed by atoms with Gasteiger partial charge in [-0.15, -0.1) is 0 Å². The number of phenolic OH excluding ortho intramolecular Hbond substituents is 1. The van der Waals surface area contributed by atoms with Crippen LogP contribution >= 0.6 is 0 Å². The first-order chi connectivity index (χ1) is 13.2. The molecule has 28 heavy (non-hydrogen) atoms. The Labute approximate surface area is 164 Å². The zero-order valence-corrected chi connectivity index (χ0v) is 16.3. The second-order valence-electron chi connectivity index (χ2n) is 8.41. The van der Waals surface area contributed by atoms with Crippen LogP contribution in [-0.4, -0.2) is 16.7 Å². The van der Waals surface area contributed by atoms with Gasteiger partial charge in [-0.1, -0.05) is 44.2 Å². The maximum absolute atomic E-state index is 13.1. The molecule has 0 bridgehead atoms. The highest BCUT2D eigenvalue weighted by molar-refractivity contribution is 6.01. The maximum Gasteiger partial charge on any atom is 0.163 e.